The molecule has 0 bridgehead atoms. The number of esters is 1. The number of aromatic nitrogens is 1. The van der Waals surface area contributed by atoms with E-state index in [1.807, 2.05) is 5.38 Å². The summed E-state index contributed by atoms with van der Waals surface area (Å²) in [5, 5.41) is 5.63. The maximum Gasteiger partial charge on any atom is 0.338 e. The van der Waals surface area contributed by atoms with Crippen molar-refractivity contribution in [1.82, 2.24) is 20.1 Å². The largest absolute Gasteiger partial charge is 0.466 e. The molecule has 8 nitrogen and oxygen atoms in total. The van der Waals surface area contributed by atoms with Crippen molar-refractivity contribution in [2.24, 2.45) is 10.4 Å². The minimum Gasteiger partial charge on any atom is -0.466 e. The normalized spacial score (nSPS) is 22.9. The second-order valence-corrected chi connectivity index (χ2v) is 11.0. The third-order valence-corrected chi connectivity index (χ3v) is 8.27. The second-order valence-electron chi connectivity index (χ2n) is 9.73. The topological polar surface area (TPSA) is 87.1 Å². The van der Waals surface area contributed by atoms with Crippen LogP contribution in [0, 0.1) is 11.2 Å². The summed E-state index contributed by atoms with van der Waals surface area (Å²) in [6.45, 7) is 1.05. The Kier molecular flexibility index (Phi) is 6.61. The lowest BCUT2D eigenvalue weighted by atomic mass is 9.95. The van der Waals surface area contributed by atoms with Crippen LogP contribution in [0.15, 0.2) is 46.0 Å². The molecule has 1 aliphatic carbocycles. The lowest BCUT2D eigenvalue weighted by Gasteiger charge is -2.32. The number of hydrogen-bond donors (Lipinski definition) is 1. The first-order valence-electron chi connectivity index (χ1n) is 11.7. The molecule has 36 heavy (non-hydrogen) atoms. The van der Waals surface area contributed by atoms with Gasteiger partial charge in [-0.05, 0) is 30.7 Å². The minimum atomic E-state index is -0.906. The number of carbonyl (C=O) groups excluding carboxylic acids is 2. The van der Waals surface area contributed by atoms with Crippen LogP contribution in [0.3, 0.4) is 0 Å². The summed E-state index contributed by atoms with van der Waals surface area (Å²) in [6.07, 6.45) is 4.63. The van der Waals surface area contributed by atoms with Crippen molar-refractivity contribution in [3.63, 3.8) is 0 Å². The van der Waals surface area contributed by atoms with Gasteiger partial charge in [0, 0.05) is 50.0 Å². The molecule has 1 spiro atoms. The number of ether oxygens (including phenoxy) is 1. The molecular formula is C25H27ClFN5O3S. The summed E-state index contributed by atoms with van der Waals surface area (Å²) < 4.78 is 19.6. The van der Waals surface area contributed by atoms with E-state index in [4.69, 9.17) is 21.3 Å². The first-order valence-corrected chi connectivity index (χ1v) is 12.9. The van der Waals surface area contributed by atoms with Crippen LogP contribution >= 0.6 is 22.9 Å². The number of hydrogen-bond acceptors (Lipinski definition) is 8. The van der Waals surface area contributed by atoms with E-state index in [0.29, 0.717) is 28.6 Å². The number of likely N-dealkylation sites (N-methyl/N-ethyl adjacent to an activating group) is 1. The summed E-state index contributed by atoms with van der Waals surface area (Å²) in [6, 6.07) is 3.25. The number of rotatable bonds is 6. The summed E-state index contributed by atoms with van der Waals surface area (Å²) in [7, 11) is 4.81. The van der Waals surface area contributed by atoms with Crippen molar-refractivity contribution in [1.29, 1.82) is 0 Å². The van der Waals surface area contributed by atoms with Gasteiger partial charge in [-0.25, -0.2) is 14.2 Å². The molecule has 190 valence electrons. The van der Waals surface area contributed by atoms with Crippen LogP contribution in [0.1, 0.15) is 35.9 Å². The Morgan fingerprint density at radius 2 is 2.14 bits per heavy atom. The Balaban J connectivity index is 1.60. The van der Waals surface area contributed by atoms with Crippen LogP contribution in [0.5, 0.6) is 0 Å². The van der Waals surface area contributed by atoms with E-state index in [1.165, 1.54) is 30.6 Å². The van der Waals surface area contributed by atoms with Gasteiger partial charge in [-0.1, -0.05) is 23.7 Å². The molecule has 1 saturated heterocycles. The molecule has 2 aliphatic heterocycles. The van der Waals surface area contributed by atoms with Crippen molar-refractivity contribution in [3.8, 4) is 0 Å². The van der Waals surface area contributed by atoms with Crippen molar-refractivity contribution in [3.05, 3.63) is 62.5 Å². The van der Waals surface area contributed by atoms with Gasteiger partial charge in [0.1, 0.15) is 11.9 Å². The third-order valence-electron chi connectivity index (χ3n) is 7.09. The Morgan fingerprint density at radius 1 is 1.36 bits per heavy atom. The fraction of sp³-hybridized carbons (Fsp3) is 0.440. The lowest BCUT2D eigenvalue weighted by molar-refractivity contribution is -0.136. The minimum absolute atomic E-state index is 0.0355. The molecule has 0 unspecified atom stereocenters. The van der Waals surface area contributed by atoms with Crippen molar-refractivity contribution < 1.29 is 18.7 Å². The number of nitrogens with zero attached hydrogens (tertiary/aromatic N) is 4. The van der Waals surface area contributed by atoms with Crippen LogP contribution in [0.2, 0.25) is 5.02 Å². The highest BCUT2D eigenvalue weighted by Gasteiger charge is 2.54. The summed E-state index contributed by atoms with van der Waals surface area (Å²) in [4.78, 5) is 39.1. The average molecular weight is 532 g/mol. The van der Waals surface area contributed by atoms with E-state index in [-0.39, 0.29) is 28.0 Å². The number of halogens is 2. The Labute approximate surface area is 217 Å². The Bertz CT molecular complexity index is 1260. The summed E-state index contributed by atoms with van der Waals surface area (Å²) in [5.41, 5.74) is 1.28. The van der Waals surface area contributed by atoms with Gasteiger partial charge in [0.2, 0.25) is 5.91 Å². The summed E-state index contributed by atoms with van der Waals surface area (Å²) in [5.74, 6) is -0.709. The molecular weight excluding hydrogens is 505 g/mol. The second kappa shape index (κ2) is 9.57. The predicted molar refractivity (Wildman–Crippen MR) is 135 cm³/mol. The van der Waals surface area contributed by atoms with E-state index < -0.39 is 17.8 Å². The molecule has 3 aliphatic rings. The molecule has 1 saturated carbocycles. The van der Waals surface area contributed by atoms with Gasteiger partial charge in [-0.15, -0.1) is 11.3 Å². The zero-order chi connectivity index (χ0) is 25.6. The number of likely N-dealkylation sites (tertiary alicyclic amines) is 1. The van der Waals surface area contributed by atoms with Crippen LogP contribution < -0.4 is 5.32 Å². The molecule has 2 atom stereocenters. The SMILES string of the molecule is COC(=O)C1=C(CN2CC3(CC3)C[C@H]2C(=O)N(C)C)NC(c2nccs2)=N[C@H]1c1cccc(F)c1Cl. The molecule has 2 fully saturated rings. The van der Waals surface area contributed by atoms with Gasteiger partial charge in [0.15, 0.2) is 10.8 Å². The Morgan fingerprint density at radius 3 is 2.78 bits per heavy atom. The molecule has 2 aromatic rings. The number of aliphatic imine (C=N–C) groups is 1. The number of amides is 1. The Hall–Kier alpha value is -2.82. The summed E-state index contributed by atoms with van der Waals surface area (Å²) >= 11 is 7.75. The number of nitrogens with one attached hydrogen (secondary N) is 1. The van der Waals surface area contributed by atoms with Gasteiger partial charge >= 0.3 is 5.97 Å². The first kappa shape index (κ1) is 24.9. The highest BCUT2D eigenvalue weighted by molar-refractivity contribution is 7.11. The van der Waals surface area contributed by atoms with Crippen LogP contribution in [-0.2, 0) is 14.3 Å². The highest BCUT2D eigenvalue weighted by atomic mass is 35.5. The maximum absolute atomic E-state index is 14.5. The molecule has 1 aromatic carbocycles. The zero-order valence-electron chi connectivity index (χ0n) is 20.3. The number of benzene rings is 1. The number of thiazole rings is 1. The van der Waals surface area contributed by atoms with Gasteiger partial charge in [-0.2, -0.15) is 0 Å². The zero-order valence-corrected chi connectivity index (χ0v) is 21.8. The van der Waals surface area contributed by atoms with E-state index >= 15 is 0 Å². The molecule has 1 N–H and O–H groups in total. The maximum atomic E-state index is 14.5. The molecule has 3 heterocycles. The molecule has 1 aromatic heterocycles. The lowest BCUT2D eigenvalue weighted by Crippen LogP contribution is -2.46. The standard InChI is InChI=1S/C25H27ClFN5O3S/c1-31(2)23(33)17-11-25(7-8-25)13-32(17)12-16-18(24(34)35-3)20(14-5-4-6-15(27)19(14)26)30-21(29-16)22-28-9-10-36-22/h4-6,9-10,17,20H,7-8,11-13H2,1-3H3,(H,29,30)/t17-,20-/m0/s1. The molecule has 1 amide bonds. The van der Waals surface area contributed by atoms with Crippen LogP contribution in [0.4, 0.5) is 4.39 Å². The van der Waals surface area contributed by atoms with Gasteiger partial charge in [0.05, 0.1) is 23.7 Å². The van der Waals surface area contributed by atoms with Crippen molar-refractivity contribution >= 4 is 40.6 Å². The fourth-order valence-corrected chi connectivity index (χ4v) is 5.89. The molecule has 11 heteroatoms. The van der Waals surface area contributed by atoms with E-state index in [9.17, 15) is 14.0 Å². The van der Waals surface area contributed by atoms with Gasteiger partial charge in [-0.3, -0.25) is 14.7 Å². The first-order chi connectivity index (χ1) is 17.2. The third kappa shape index (κ3) is 4.53. The number of carbonyl (C=O) groups is 2. The van der Waals surface area contributed by atoms with Crippen LogP contribution in [0.25, 0.3) is 0 Å². The molecule has 5 rings (SSSR count). The fourth-order valence-electron chi connectivity index (χ4n) is 5.07. The van der Waals surface area contributed by atoms with Crippen LogP contribution in [-0.4, -0.2) is 72.8 Å². The van der Waals surface area contributed by atoms with E-state index in [2.05, 4.69) is 15.2 Å². The quantitative estimate of drug-likeness (QED) is 0.575. The monoisotopic (exact) mass is 531 g/mol. The van der Waals surface area contributed by atoms with Crippen molar-refractivity contribution in [2.45, 2.75) is 31.3 Å². The molecule has 0 radical (unpaired) electrons. The number of amidine groups is 1. The predicted octanol–water partition coefficient (Wildman–Crippen LogP) is 3.40. The highest BCUT2D eigenvalue weighted by Crippen LogP contribution is 2.55. The van der Waals surface area contributed by atoms with E-state index in [1.54, 1.807) is 31.3 Å². The van der Waals surface area contributed by atoms with Gasteiger partial charge < -0.3 is 15.0 Å². The van der Waals surface area contributed by atoms with Gasteiger partial charge in [0.25, 0.3) is 0 Å². The van der Waals surface area contributed by atoms with E-state index in [0.717, 1.165) is 25.8 Å². The smallest absolute Gasteiger partial charge is 0.338 e. The average Bonchev–Trinajstić information content (AvgIpc) is 3.24. The number of methoxy groups -OCH3 is 1. The van der Waals surface area contributed by atoms with Crippen molar-refractivity contribution in [2.75, 3.05) is 34.3 Å².